The molecule has 0 saturated carbocycles. The Kier molecular flexibility index (Phi) is 4.53. The van der Waals surface area contributed by atoms with Crippen LogP contribution in [0.3, 0.4) is 0 Å². The standard InChI is InChI=1S/C17H22F2N2O2/c18-17(19)4-1-5-21(11-17)16(22)14-8-13(9-15(20)10-14)12-2-6-23-7-3-12/h8-10,12H,1-7,11,20H2. The molecule has 2 aliphatic heterocycles. The van der Waals surface area contributed by atoms with Crippen LogP contribution >= 0.6 is 0 Å². The maximum atomic E-state index is 13.5. The number of alkyl halides is 2. The van der Waals surface area contributed by atoms with Crippen LogP contribution < -0.4 is 5.73 Å². The minimum absolute atomic E-state index is 0.152. The highest BCUT2D eigenvalue weighted by Gasteiger charge is 2.37. The zero-order valence-electron chi connectivity index (χ0n) is 13.1. The first kappa shape index (κ1) is 16.2. The average Bonchev–Trinajstić information content (AvgIpc) is 2.53. The molecule has 2 aliphatic rings. The summed E-state index contributed by atoms with van der Waals surface area (Å²) >= 11 is 0. The van der Waals surface area contributed by atoms with Crippen LogP contribution in [-0.2, 0) is 4.74 Å². The first-order valence-electron chi connectivity index (χ1n) is 8.10. The Bertz CT molecular complexity index is 586. The van der Waals surface area contributed by atoms with Crippen molar-refractivity contribution in [3.8, 4) is 0 Å². The van der Waals surface area contributed by atoms with E-state index in [0.717, 1.165) is 18.4 Å². The second-order valence-corrected chi connectivity index (χ2v) is 6.46. The maximum absolute atomic E-state index is 13.5. The van der Waals surface area contributed by atoms with E-state index in [4.69, 9.17) is 10.5 Å². The molecule has 0 unspecified atom stereocenters. The number of amides is 1. The largest absolute Gasteiger partial charge is 0.399 e. The van der Waals surface area contributed by atoms with Crippen LogP contribution in [0.15, 0.2) is 18.2 Å². The molecule has 0 bridgehead atoms. The molecule has 2 heterocycles. The summed E-state index contributed by atoms with van der Waals surface area (Å²) in [6, 6.07) is 5.26. The van der Waals surface area contributed by atoms with Gasteiger partial charge in [-0.15, -0.1) is 0 Å². The molecule has 1 amide bonds. The minimum Gasteiger partial charge on any atom is -0.399 e. The number of nitrogens with two attached hydrogens (primary N) is 1. The molecule has 0 radical (unpaired) electrons. The van der Waals surface area contributed by atoms with Crippen LogP contribution in [0.4, 0.5) is 14.5 Å². The summed E-state index contributed by atoms with van der Waals surface area (Å²) in [6.45, 7) is 1.26. The summed E-state index contributed by atoms with van der Waals surface area (Å²) < 4.78 is 32.5. The van der Waals surface area contributed by atoms with Gasteiger partial charge in [0.1, 0.15) is 0 Å². The summed E-state index contributed by atoms with van der Waals surface area (Å²) in [7, 11) is 0. The van der Waals surface area contributed by atoms with Crippen molar-refractivity contribution in [3.05, 3.63) is 29.3 Å². The lowest BCUT2D eigenvalue weighted by Crippen LogP contribution is -2.45. The number of nitrogens with zero attached hydrogens (tertiary/aromatic N) is 1. The van der Waals surface area contributed by atoms with Crippen LogP contribution in [0.25, 0.3) is 0 Å². The molecule has 4 nitrogen and oxygen atoms in total. The normalized spacial score (nSPS) is 22.1. The van der Waals surface area contributed by atoms with Crippen molar-refractivity contribution in [2.45, 2.75) is 37.5 Å². The molecule has 2 fully saturated rings. The Morgan fingerprint density at radius 3 is 2.70 bits per heavy atom. The molecule has 6 heteroatoms. The van der Waals surface area contributed by atoms with Crippen LogP contribution in [-0.4, -0.2) is 43.0 Å². The Labute approximate surface area is 134 Å². The third kappa shape index (κ3) is 3.80. The summed E-state index contributed by atoms with van der Waals surface area (Å²) in [4.78, 5) is 13.8. The number of carbonyl (C=O) groups excluding carboxylic acids is 1. The van der Waals surface area contributed by atoms with Crippen molar-refractivity contribution in [2.24, 2.45) is 0 Å². The van der Waals surface area contributed by atoms with Crippen LogP contribution in [0.2, 0.25) is 0 Å². The smallest absolute Gasteiger partial charge is 0.265 e. The van der Waals surface area contributed by atoms with Crippen molar-refractivity contribution < 1.29 is 18.3 Å². The fourth-order valence-electron chi connectivity index (χ4n) is 3.39. The third-order valence-corrected chi connectivity index (χ3v) is 4.60. The molecular formula is C17H22F2N2O2. The van der Waals surface area contributed by atoms with E-state index >= 15 is 0 Å². The number of halogens is 2. The van der Waals surface area contributed by atoms with E-state index in [1.807, 2.05) is 6.07 Å². The van der Waals surface area contributed by atoms with E-state index in [0.29, 0.717) is 43.3 Å². The second kappa shape index (κ2) is 6.43. The van der Waals surface area contributed by atoms with Gasteiger partial charge in [0, 0.05) is 37.4 Å². The van der Waals surface area contributed by atoms with Crippen LogP contribution in [0, 0.1) is 0 Å². The highest BCUT2D eigenvalue weighted by molar-refractivity contribution is 5.95. The van der Waals surface area contributed by atoms with Crippen molar-refractivity contribution in [2.75, 3.05) is 32.0 Å². The zero-order chi connectivity index (χ0) is 16.4. The van der Waals surface area contributed by atoms with Crippen LogP contribution in [0.5, 0.6) is 0 Å². The van der Waals surface area contributed by atoms with E-state index in [1.165, 1.54) is 4.90 Å². The van der Waals surface area contributed by atoms with Gasteiger partial charge in [0.2, 0.25) is 0 Å². The van der Waals surface area contributed by atoms with E-state index in [9.17, 15) is 13.6 Å². The number of nitrogen functional groups attached to an aromatic ring is 1. The number of benzene rings is 1. The maximum Gasteiger partial charge on any atom is 0.265 e. The number of likely N-dealkylation sites (tertiary alicyclic amines) is 1. The van der Waals surface area contributed by atoms with Crippen molar-refractivity contribution in [1.29, 1.82) is 0 Å². The third-order valence-electron chi connectivity index (χ3n) is 4.60. The lowest BCUT2D eigenvalue weighted by atomic mass is 9.90. The van der Waals surface area contributed by atoms with Gasteiger partial charge in [-0.3, -0.25) is 4.79 Å². The number of ether oxygens (including phenoxy) is 1. The number of hydrogen-bond donors (Lipinski definition) is 1. The zero-order valence-corrected chi connectivity index (χ0v) is 13.1. The van der Waals surface area contributed by atoms with E-state index in [2.05, 4.69) is 0 Å². The van der Waals surface area contributed by atoms with Crippen molar-refractivity contribution in [3.63, 3.8) is 0 Å². The van der Waals surface area contributed by atoms with E-state index in [1.54, 1.807) is 12.1 Å². The van der Waals surface area contributed by atoms with Crippen LogP contribution in [0.1, 0.15) is 47.5 Å². The molecule has 1 aromatic rings. The molecule has 0 aliphatic carbocycles. The van der Waals surface area contributed by atoms with Gasteiger partial charge >= 0.3 is 0 Å². The minimum atomic E-state index is -2.79. The molecule has 2 saturated heterocycles. The number of piperidine rings is 1. The van der Waals surface area contributed by atoms with Gasteiger partial charge in [0.25, 0.3) is 11.8 Å². The SMILES string of the molecule is Nc1cc(C(=O)N2CCCC(F)(F)C2)cc(C2CCOCC2)c1. The monoisotopic (exact) mass is 324 g/mol. The van der Waals surface area contributed by atoms with Gasteiger partial charge in [0.05, 0.1) is 6.54 Å². The Morgan fingerprint density at radius 1 is 1.26 bits per heavy atom. The number of hydrogen-bond acceptors (Lipinski definition) is 3. The fourth-order valence-corrected chi connectivity index (χ4v) is 3.39. The fraction of sp³-hybridized carbons (Fsp3) is 0.588. The average molecular weight is 324 g/mol. The number of anilines is 1. The predicted molar refractivity (Wildman–Crippen MR) is 83.7 cm³/mol. The van der Waals surface area contributed by atoms with Crippen molar-refractivity contribution >= 4 is 11.6 Å². The lowest BCUT2D eigenvalue weighted by molar-refractivity contribution is -0.0560. The van der Waals surface area contributed by atoms with Gasteiger partial charge in [0.15, 0.2) is 0 Å². The molecule has 2 N–H and O–H groups in total. The Morgan fingerprint density at radius 2 is 2.00 bits per heavy atom. The van der Waals surface area contributed by atoms with Gasteiger partial charge in [-0.2, -0.15) is 0 Å². The molecule has 126 valence electrons. The number of rotatable bonds is 2. The highest BCUT2D eigenvalue weighted by Crippen LogP contribution is 2.31. The Hall–Kier alpha value is -1.69. The van der Waals surface area contributed by atoms with E-state index in [-0.39, 0.29) is 12.3 Å². The molecule has 0 aromatic heterocycles. The quantitative estimate of drug-likeness (QED) is 0.851. The van der Waals surface area contributed by atoms with Gasteiger partial charge in [-0.05, 0) is 48.9 Å². The van der Waals surface area contributed by atoms with E-state index < -0.39 is 12.5 Å². The van der Waals surface area contributed by atoms with Crippen molar-refractivity contribution in [1.82, 2.24) is 4.90 Å². The first-order valence-corrected chi connectivity index (χ1v) is 8.10. The topological polar surface area (TPSA) is 55.6 Å². The van der Waals surface area contributed by atoms with Gasteiger partial charge in [-0.25, -0.2) is 8.78 Å². The summed E-state index contributed by atoms with van der Waals surface area (Å²) in [6.07, 6.45) is 1.95. The lowest BCUT2D eigenvalue weighted by Gasteiger charge is -2.32. The Balaban J connectivity index is 1.81. The molecular weight excluding hydrogens is 302 g/mol. The summed E-state index contributed by atoms with van der Waals surface area (Å²) in [5.74, 6) is -2.84. The van der Waals surface area contributed by atoms with Gasteiger partial charge in [-0.1, -0.05) is 0 Å². The molecule has 0 atom stereocenters. The summed E-state index contributed by atoms with van der Waals surface area (Å²) in [5.41, 5.74) is 7.84. The second-order valence-electron chi connectivity index (χ2n) is 6.46. The summed E-state index contributed by atoms with van der Waals surface area (Å²) in [5, 5.41) is 0. The molecule has 1 aromatic carbocycles. The highest BCUT2D eigenvalue weighted by atomic mass is 19.3. The first-order chi connectivity index (χ1) is 10.9. The van der Waals surface area contributed by atoms with Gasteiger partial charge < -0.3 is 15.4 Å². The molecule has 23 heavy (non-hydrogen) atoms. The predicted octanol–water partition coefficient (Wildman–Crippen LogP) is 3.03. The number of carbonyl (C=O) groups is 1. The molecule has 0 spiro atoms. The molecule has 3 rings (SSSR count).